The van der Waals surface area contributed by atoms with Crippen molar-refractivity contribution in [3.8, 4) is 11.1 Å². The molecule has 0 radical (unpaired) electrons. The second kappa shape index (κ2) is 15.7. The highest BCUT2D eigenvalue weighted by molar-refractivity contribution is 5.76. The van der Waals surface area contributed by atoms with Crippen molar-refractivity contribution >= 4 is 12.1 Å². The van der Waals surface area contributed by atoms with Crippen molar-refractivity contribution in [3.05, 3.63) is 108 Å². The minimum Gasteiger partial charge on any atom is -0.459 e. The third-order valence-corrected chi connectivity index (χ3v) is 8.28. The Balaban J connectivity index is 1.35. The van der Waals surface area contributed by atoms with Crippen molar-refractivity contribution in [1.29, 1.82) is 0 Å². The number of nitrogens with one attached hydrogen (secondary N) is 1. The van der Waals surface area contributed by atoms with Gasteiger partial charge in [-0.15, -0.1) is 0 Å². The summed E-state index contributed by atoms with van der Waals surface area (Å²) in [7, 11) is 0. The number of carbonyl (C=O) groups excluding carboxylic acids is 2. The lowest BCUT2D eigenvalue weighted by atomic mass is 9.98. The van der Waals surface area contributed by atoms with Crippen molar-refractivity contribution in [3.63, 3.8) is 0 Å². The molecule has 1 amide bonds. The lowest BCUT2D eigenvalue weighted by Gasteiger charge is -2.38. The van der Waals surface area contributed by atoms with E-state index in [1.807, 2.05) is 87.5 Å². The van der Waals surface area contributed by atoms with Gasteiger partial charge in [-0.2, -0.15) is 0 Å². The van der Waals surface area contributed by atoms with Gasteiger partial charge in [-0.05, 0) is 80.1 Å². The molecule has 0 spiro atoms. The summed E-state index contributed by atoms with van der Waals surface area (Å²) in [5.74, 6) is -0.187. The number of carbonyl (C=O) groups is 2. The average Bonchev–Trinajstić information content (AvgIpc) is 3.54. The van der Waals surface area contributed by atoms with Crippen LogP contribution in [0.25, 0.3) is 11.1 Å². The number of aliphatic hydroxyl groups is 1. The Kier molecular flexibility index (Phi) is 11.5. The predicted molar refractivity (Wildman–Crippen MR) is 179 cm³/mol. The number of benzene rings is 3. The Hall–Kier alpha value is -4.02. The fourth-order valence-electron chi connectivity index (χ4n) is 6.06. The van der Waals surface area contributed by atoms with Gasteiger partial charge in [0.05, 0.1) is 18.8 Å². The van der Waals surface area contributed by atoms with Gasteiger partial charge in [0.25, 0.3) is 0 Å². The Bertz CT molecular complexity index is 1520. The van der Waals surface area contributed by atoms with E-state index in [4.69, 9.17) is 18.9 Å². The quantitative estimate of drug-likeness (QED) is 0.178. The fraction of sp³-hybridized carbons (Fsp3) is 0.421. The number of ether oxygens (including phenoxy) is 4. The molecule has 0 aliphatic carbocycles. The lowest BCUT2D eigenvalue weighted by molar-refractivity contribution is -0.253. The number of hydrogen-bond acceptors (Lipinski definition) is 8. The van der Waals surface area contributed by atoms with E-state index in [0.29, 0.717) is 19.5 Å². The van der Waals surface area contributed by atoms with E-state index in [2.05, 4.69) is 22.9 Å². The van der Waals surface area contributed by atoms with Gasteiger partial charge < -0.3 is 29.4 Å². The van der Waals surface area contributed by atoms with Gasteiger partial charge in [-0.25, -0.2) is 4.79 Å². The number of rotatable bonds is 11. The monoisotopic (exact) mass is 642 g/mol. The summed E-state index contributed by atoms with van der Waals surface area (Å²) in [4.78, 5) is 27.2. The molecule has 3 aromatic rings. The molecule has 2 fully saturated rings. The van der Waals surface area contributed by atoms with E-state index in [-0.39, 0.29) is 37.4 Å². The van der Waals surface area contributed by atoms with E-state index in [9.17, 15) is 14.7 Å². The van der Waals surface area contributed by atoms with E-state index < -0.39 is 18.0 Å². The summed E-state index contributed by atoms with van der Waals surface area (Å²) in [6, 6.07) is 23.6. The summed E-state index contributed by atoms with van der Waals surface area (Å²) < 4.78 is 24.0. The number of aliphatic hydroxyl groups excluding tert-OH is 1. The zero-order valence-electron chi connectivity index (χ0n) is 27.5. The molecule has 2 aliphatic heterocycles. The van der Waals surface area contributed by atoms with Crippen molar-refractivity contribution in [2.45, 2.75) is 83.3 Å². The van der Waals surface area contributed by atoms with E-state index in [1.54, 1.807) is 0 Å². The third-order valence-electron chi connectivity index (χ3n) is 8.28. The summed E-state index contributed by atoms with van der Waals surface area (Å²) in [5.41, 5.74) is 5.10. The Labute approximate surface area is 277 Å². The second-order valence-corrected chi connectivity index (χ2v) is 13.1. The highest BCUT2D eigenvalue weighted by Crippen LogP contribution is 2.39. The molecule has 250 valence electrons. The zero-order valence-corrected chi connectivity index (χ0v) is 27.5. The highest BCUT2D eigenvalue weighted by atomic mass is 16.7. The molecule has 0 saturated carbocycles. The van der Waals surface area contributed by atoms with Crippen molar-refractivity contribution in [2.24, 2.45) is 0 Å². The third kappa shape index (κ3) is 9.51. The van der Waals surface area contributed by atoms with Crippen LogP contribution in [0, 0.1) is 0 Å². The van der Waals surface area contributed by atoms with Crippen LogP contribution in [0.1, 0.15) is 74.7 Å². The maximum atomic E-state index is 13.1. The van der Waals surface area contributed by atoms with Crippen LogP contribution in [0.3, 0.4) is 0 Å². The van der Waals surface area contributed by atoms with Crippen LogP contribution in [-0.4, -0.2) is 59.5 Å². The Morgan fingerprint density at radius 2 is 1.74 bits per heavy atom. The van der Waals surface area contributed by atoms with Crippen molar-refractivity contribution < 1.29 is 33.6 Å². The van der Waals surface area contributed by atoms with Crippen molar-refractivity contribution in [2.75, 3.05) is 19.7 Å². The first kappa shape index (κ1) is 34.3. The highest BCUT2D eigenvalue weighted by Gasteiger charge is 2.39. The lowest BCUT2D eigenvalue weighted by Crippen LogP contribution is -2.45. The molecule has 2 N–H and O–H groups in total. The molecular weight excluding hydrogens is 596 g/mol. The minimum atomic E-state index is -0.636. The molecule has 5 rings (SSSR count). The van der Waals surface area contributed by atoms with Gasteiger partial charge in [-0.1, -0.05) is 73.3 Å². The van der Waals surface area contributed by atoms with Crippen LogP contribution < -0.4 is 5.32 Å². The molecule has 2 saturated heterocycles. The maximum Gasteiger partial charge on any atom is 0.407 e. The zero-order chi connectivity index (χ0) is 33.4. The number of amides is 1. The molecule has 4 atom stereocenters. The Morgan fingerprint density at radius 1 is 1.00 bits per heavy atom. The van der Waals surface area contributed by atoms with Gasteiger partial charge in [0.1, 0.15) is 18.2 Å². The maximum absolute atomic E-state index is 13.1. The molecule has 0 aromatic heterocycles. The largest absolute Gasteiger partial charge is 0.459 e. The summed E-state index contributed by atoms with van der Waals surface area (Å²) >= 11 is 0. The van der Waals surface area contributed by atoms with E-state index >= 15 is 0 Å². The van der Waals surface area contributed by atoms with Gasteiger partial charge in [0.15, 0.2) is 6.29 Å². The second-order valence-electron chi connectivity index (χ2n) is 13.1. The van der Waals surface area contributed by atoms with Crippen LogP contribution in [0.15, 0.2) is 85.5 Å². The number of hydrogen-bond donors (Lipinski definition) is 2. The topological polar surface area (TPSA) is 107 Å². The number of nitrogens with zero attached hydrogens (tertiary/aromatic N) is 1. The average molecular weight is 643 g/mol. The molecule has 9 nitrogen and oxygen atoms in total. The van der Waals surface area contributed by atoms with Crippen LogP contribution in [0.5, 0.6) is 0 Å². The number of esters is 1. The SMILES string of the molecule is C=CCOC(=O)NCc1cccc(-c2cccc([C@H]3O[C@@H](CN4CCC[C@H]4C(=O)OC(C)(C)C)C[C@@H](c4ccc(CO)cc4)O3)c2)c1. The van der Waals surface area contributed by atoms with E-state index in [1.165, 1.54) is 6.08 Å². The van der Waals surface area contributed by atoms with Crippen LogP contribution in [0.2, 0.25) is 0 Å². The van der Waals surface area contributed by atoms with Gasteiger partial charge in [0.2, 0.25) is 0 Å². The summed E-state index contributed by atoms with van der Waals surface area (Å²) in [6.45, 7) is 11.1. The number of likely N-dealkylation sites (tertiary alicyclic amines) is 1. The van der Waals surface area contributed by atoms with Gasteiger partial charge >= 0.3 is 12.1 Å². The molecule has 9 heteroatoms. The van der Waals surface area contributed by atoms with Crippen LogP contribution in [0.4, 0.5) is 4.79 Å². The normalized spacial score (nSPS) is 21.6. The first-order valence-corrected chi connectivity index (χ1v) is 16.3. The number of alkyl carbamates (subject to hydrolysis) is 1. The molecule has 2 heterocycles. The first-order chi connectivity index (χ1) is 22.6. The summed E-state index contributed by atoms with van der Waals surface area (Å²) in [6.07, 6.45) is 2.27. The molecule has 47 heavy (non-hydrogen) atoms. The standard InChI is InChI=1S/C38H46N2O7/c1-5-19-44-37(43)39-23-27-9-6-10-29(20-27)30-11-7-12-31(21-30)36-45-32(22-34(46-36)28-16-14-26(25-41)15-17-28)24-40-18-8-13-33(40)35(42)47-38(2,3)4/h5-7,9-12,14-17,20-21,32-34,36,41H,1,8,13,18-19,22-25H2,2-4H3,(H,39,43)/t32-,33+,34+,36+/m1/s1. The first-order valence-electron chi connectivity index (χ1n) is 16.3. The van der Waals surface area contributed by atoms with Crippen molar-refractivity contribution in [1.82, 2.24) is 10.2 Å². The predicted octanol–water partition coefficient (Wildman–Crippen LogP) is 6.61. The minimum absolute atomic E-state index is 0.0232. The van der Waals surface area contributed by atoms with Crippen LogP contribution >= 0.6 is 0 Å². The fourth-order valence-corrected chi connectivity index (χ4v) is 6.06. The van der Waals surface area contributed by atoms with Gasteiger partial charge in [0, 0.05) is 25.1 Å². The smallest absolute Gasteiger partial charge is 0.407 e. The molecule has 3 aromatic carbocycles. The van der Waals surface area contributed by atoms with Gasteiger partial charge in [-0.3, -0.25) is 9.69 Å². The molecular formula is C38H46N2O7. The molecule has 0 bridgehead atoms. The van der Waals surface area contributed by atoms with Crippen LogP contribution in [-0.2, 0) is 36.9 Å². The molecule has 2 aliphatic rings. The summed E-state index contributed by atoms with van der Waals surface area (Å²) in [5, 5.41) is 12.3. The Morgan fingerprint density at radius 3 is 2.47 bits per heavy atom. The molecule has 0 unspecified atom stereocenters. The van der Waals surface area contributed by atoms with E-state index in [0.717, 1.165) is 52.8 Å².